The molecule has 0 radical (unpaired) electrons. The lowest BCUT2D eigenvalue weighted by Crippen LogP contribution is -2.27. The quantitative estimate of drug-likeness (QED) is 0.325. The topological polar surface area (TPSA) is 20.2 Å². The molecule has 6 aliphatic rings. The molecule has 0 atom stereocenters. The van der Waals surface area contributed by atoms with Crippen molar-refractivity contribution in [2.45, 2.75) is 5.60 Å². The Kier molecular flexibility index (Phi) is 4.31. The molecule has 0 fully saturated rings. The predicted molar refractivity (Wildman–Crippen MR) is 131 cm³/mol. The Morgan fingerprint density at radius 1 is 0.344 bits per heavy atom. The molecule has 0 saturated carbocycles. The summed E-state index contributed by atoms with van der Waals surface area (Å²) in [6, 6.07) is 43.6. The smallest absolute Gasteiger partial charge is 0.140 e. The summed E-state index contributed by atoms with van der Waals surface area (Å²) in [6.07, 6.45) is 0. The molecular formula is C31H22O. The van der Waals surface area contributed by atoms with E-state index >= 15 is 0 Å². The number of fused-ring (bicyclic) bond motifs is 3. The molecule has 1 heteroatoms. The zero-order chi connectivity index (χ0) is 21.5. The summed E-state index contributed by atoms with van der Waals surface area (Å²) in [5, 5.41) is 12.5. The maximum Gasteiger partial charge on any atom is 0.140 e. The number of aliphatic hydroxyl groups is 1. The first-order valence-corrected chi connectivity index (χ1v) is 10.9. The average molecular weight is 411 g/mol. The first-order valence-electron chi connectivity index (χ1n) is 10.9. The molecule has 0 spiro atoms. The van der Waals surface area contributed by atoms with Gasteiger partial charge in [-0.15, -0.1) is 0 Å². The lowest BCUT2D eigenvalue weighted by atomic mass is 9.84. The van der Waals surface area contributed by atoms with E-state index in [9.17, 15) is 5.11 Å². The second kappa shape index (κ2) is 7.33. The third-order valence-corrected chi connectivity index (χ3v) is 6.44. The minimum Gasteiger partial charge on any atom is -0.376 e. The summed E-state index contributed by atoms with van der Waals surface area (Å²) in [7, 11) is 0. The Labute approximate surface area is 188 Å². The van der Waals surface area contributed by atoms with Crippen molar-refractivity contribution >= 4 is 0 Å². The van der Waals surface area contributed by atoms with Gasteiger partial charge in [-0.3, -0.25) is 0 Å². The zero-order valence-electron chi connectivity index (χ0n) is 17.6. The van der Waals surface area contributed by atoms with Crippen molar-refractivity contribution in [3.8, 4) is 33.4 Å². The molecule has 1 N–H and O–H groups in total. The Morgan fingerprint density at radius 2 is 0.562 bits per heavy atom. The Morgan fingerprint density at radius 3 is 0.781 bits per heavy atom. The van der Waals surface area contributed by atoms with Gasteiger partial charge in [-0.05, 0) is 86.5 Å². The Bertz CT molecular complexity index is 1180. The largest absolute Gasteiger partial charge is 0.376 e. The highest BCUT2D eigenvalue weighted by Gasteiger charge is 2.37. The summed E-state index contributed by atoms with van der Waals surface area (Å²) in [6.45, 7) is 0. The molecule has 0 aromatic heterocycles. The third-order valence-electron chi connectivity index (χ3n) is 6.44. The molecule has 6 rings (SSSR count). The summed E-state index contributed by atoms with van der Waals surface area (Å²) in [5.74, 6) is 0. The summed E-state index contributed by atoms with van der Waals surface area (Å²) in [4.78, 5) is 0. The highest BCUT2D eigenvalue weighted by molar-refractivity contribution is 5.76. The molecule has 0 aromatic rings. The molecular weight excluding hydrogens is 388 g/mol. The average Bonchev–Trinajstić information content (AvgIpc) is 3.37. The standard InChI is InChI=1S/C31H22O/c32-31(28-16-22-10-4-1-5-11-23(22)17-28,29-18-24-12-6-2-7-13-25(24)19-29)30-20-26-14-8-3-9-15-27(26)21-30/h1-21,32H. The van der Waals surface area contributed by atoms with E-state index in [1.54, 1.807) is 0 Å². The monoisotopic (exact) mass is 410 g/mol. The van der Waals surface area contributed by atoms with Crippen LogP contribution in [0.2, 0.25) is 0 Å². The van der Waals surface area contributed by atoms with E-state index < -0.39 is 5.60 Å². The van der Waals surface area contributed by atoms with Crippen molar-refractivity contribution in [2.75, 3.05) is 0 Å². The maximum atomic E-state index is 12.5. The van der Waals surface area contributed by atoms with Crippen LogP contribution < -0.4 is 0 Å². The van der Waals surface area contributed by atoms with Crippen LogP contribution in [0.25, 0.3) is 33.4 Å². The second-order valence-corrected chi connectivity index (χ2v) is 8.41. The van der Waals surface area contributed by atoms with Crippen molar-refractivity contribution in [3.63, 3.8) is 0 Å². The molecule has 0 saturated heterocycles. The van der Waals surface area contributed by atoms with Gasteiger partial charge in [0.25, 0.3) is 0 Å². The second-order valence-electron chi connectivity index (χ2n) is 8.41. The van der Waals surface area contributed by atoms with Crippen LogP contribution in [-0.2, 0) is 5.60 Å². The third kappa shape index (κ3) is 2.98. The van der Waals surface area contributed by atoms with Crippen molar-refractivity contribution < 1.29 is 5.11 Å². The molecule has 0 aliphatic heterocycles. The van der Waals surface area contributed by atoms with Gasteiger partial charge in [0.2, 0.25) is 0 Å². The van der Waals surface area contributed by atoms with Gasteiger partial charge in [0.1, 0.15) is 5.60 Å². The van der Waals surface area contributed by atoms with Crippen LogP contribution in [0, 0.1) is 0 Å². The van der Waals surface area contributed by atoms with E-state index in [0.29, 0.717) is 0 Å². The predicted octanol–water partition coefficient (Wildman–Crippen LogP) is 7.29. The van der Waals surface area contributed by atoms with Crippen LogP contribution in [0.1, 0.15) is 16.7 Å². The summed E-state index contributed by atoms with van der Waals surface area (Å²) < 4.78 is 0. The van der Waals surface area contributed by atoms with Crippen LogP contribution >= 0.6 is 0 Å². The maximum absolute atomic E-state index is 12.5. The SMILES string of the molecule is OC(c1cc2cccccc-2c1)(c1cc2cccccc-2c1)c1cc2cccccc-2c1. The van der Waals surface area contributed by atoms with Crippen molar-refractivity contribution in [2.24, 2.45) is 0 Å². The molecule has 0 heterocycles. The fourth-order valence-electron chi connectivity index (χ4n) is 4.77. The Balaban J connectivity index is 1.65. The lowest BCUT2D eigenvalue weighted by Gasteiger charge is -2.27. The fourth-order valence-corrected chi connectivity index (χ4v) is 4.77. The molecule has 6 aliphatic carbocycles. The molecule has 0 aromatic carbocycles. The highest BCUT2D eigenvalue weighted by atomic mass is 16.3. The van der Waals surface area contributed by atoms with E-state index in [1.807, 2.05) is 54.6 Å². The van der Waals surface area contributed by atoms with Crippen molar-refractivity contribution in [1.82, 2.24) is 0 Å². The van der Waals surface area contributed by atoms with Crippen LogP contribution in [0.4, 0.5) is 0 Å². The normalized spacial score (nSPS) is 11.9. The van der Waals surface area contributed by atoms with Gasteiger partial charge in [-0.2, -0.15) is 0 Å². The number of hydrogen-bond donors (Lipinski definition) is 1. The van der Waals surface area contributed by atoms with E-state index in [4.69, 9.17) is 0 Å². The molecule has 152 valence electrons. The van der Waals surface area contributed by atoms with Gasteiger partial charge < -0.3 is 5.11 Å². The Hall–Kier alpha value is -3.94. The molecule has 32 heavy (non-hydrogen) atoms. The highest BCUT2D eigenvalue weighted by Crippen LogP contribution is 2.45. The van der Waals surface area contributed by atoms with Gasteiger partial charge in [0, 0.05) is 0 Å². The van der Waals surface area contributed by atoms with Gasteiger partial charge >= 0.3 is 0 Å². The van der Waals surface area contributed by atoms with Crippen molar-refractivity contribution in [1.29, 1.82) is 0 Å². The number of hydrogen-bond acceptors (Lipinski definition) is 1. The van der Waals surface area contributed by atoms with Crippen LogP contribution in [-0.4, -0.2) is 5.11 Å². The van der Waals surface area contributed by atoms with E-state index in [1.165, 1.54) is 0 Å². The van der Waals surface area contributed by atoms with Gasteiger partial charge in [0.15, 0.2) is 0 Å². The van der Waals surface area contributed by atoms with E-state index in [-0.39, 0.29) is 0 Å². The first kappa shape index (κ1) is 18.8. The van der Waals surface area contributed by atoms with Crippen LogP contribution in [0.5, 0.6) is 0 Å². The molecule has 0 amide bonds. The van der Waals surface area contributed by atoms with Crippen LogP contribution in [0.15, 0.2) is 127 Å². The van der Waals surface area contributed by atoms with E-state index in [0.717, 1.165) is 50.1 Å². The lowest BCUT2D eigenvalue weighted by molar-refractivity contribution is 0.127. The molecule has 0 bridgehead atoms. The summed E-state index contributed by atoms with van der Waals surface area (Å²) >= 11 is 0. The van der Waals surface area contributed by atoms with Gasteiger partial charge in [0.05, 0.1) is 0 Å². The molecule has 1 nitrogen and oxygen atoms in total. The van der Waals surface area contributed by atoms with Crippen LogP contribution in [0.3, 0.4) is 0 Å². The molecule has 0 unspecified atom stereocenters. The summed E-state index contributed by atoms with van der Waals surface area (Å²) in [5.41, 5.74) is 8.12. The van der Waals surface area contributed by atoms with Crippen molar-refractivity contribution in [3.05, 3.63) is 144 Å². The number of rotatable bonds is 3. The van der Waals surface area contributed by atoms with E-state index in [2.05, 4.69) is 72.8 Å². The minimum absolute atomic E-state index is 0.887. The van der Waals surface area contributed by atoms with Gasteiger partial charge in [-0.25, -0.2) is 0 Å². The minimum atomic E-state index is -1.26. The fraction of sp³-hybridized carbons (Fsp3) is 0.0323. The van der Waals surface area contributed by atoms with Gasteiger partial charge in [-0.1, -0.05) is 91.0 Å². The zero-order valence-corrected chi connectivity index (χ0v) is 17.6. The first-order chi connectivity index (χ1) is 15.7.